The molecule has 0 spiro atoms. The highest BCUT2D eigenvalue weighted by atomic mass is 19.4. The Morgan fingerprint density at radius 3 is 2.38 bits per heavy atom. The van der Waals surface area contributed by atoms with Gasteiger partial charge in [0.25, 0.3) is 0 Å². The van der Waals surface area contributed by atoms with E-state index in [9.17, 15) is 27.9 Å². The summed E-state index contributed by atoms with van der Waals surface area (Å²) in [4.78, 5) is 31.8. The molecule has 2 N–H and O–H groups in total. The zero-order valence-corrected chi connectivity index (χ0v) is 26.5. The summed E-state index contributed by atoms with van der Waals surface area (Å²) in [6.07, 6.45) is -3.02. The number of likely N-dealkylation sites (N-methyl/N-ethyl adjacent to an activating group) is 1. The van der Waals surface area contributed by atoms with Gasteiger partial charge >= 0.3 is 12.1 Å². The molecule has 252 valence electrons. The predicted octanol–water partition coefficient (Wildman–Crippen LogP) is 4.71. The van der Waals surface area contributed by atoms with E-state index in [2.05, 4.69) is 29.2 Å². The summed E-state index contributed by atoms with van der Waals surface area (Å²) >= 11 is 0. The minimum absolute atomic E-state index is 0.0115. The third-order valence-electron chi connectivity index (χ3n) is 8.87. The van der Waals surface area contributed by atoms with E-state index in [1.165, 1.54) is 0 Å². The normalized spacial score (nSPS) is 23.2. The van der Waals surface area contributed by atoms with Crippen molar-refractivity contribution in [2.75, 3.05) is 26.7 Å². The van der Waals surface area contributed by atoms with E-state index < -0.39 is 30.3 Å². The van der Waals surface area contributed by atoms with Crippen molar-refractivity contribution in [3.8, 4) is 0 Å². The van der Waals surface area contributed by atoms with Crippen molar-refractivity contribution in [2.24, 2.45) is 5.92 Å². The lowest BCUT2D eigenvalue weighted by Crippen LogP contribution is -2.50. The van der Waals surface area contributed by atoms with E-state index in [1.54, 1.807) is 6.20 Å². The number of benzene rings is 2. The summed E-state index contributed by atoms with van der Waals surface area (Å²) in [5.74, 6) is -2.58. The number of carbonyl (C=O) groups excluding carboxylic acids is 2. The van der Waals surface area contributed by atoms with Gasteiger partial charge in [0.1, 0.15) is 6.04 Å². The summed E-state index contributed by atoms with van der Waals surface area (Å²) in [5.41, 5.74) is 4.33. The van der Waals surface area contributed by atoms with Gasteiger partial charge < -0.3 is 29.7 Å². The van der Waals surface area contributed by atoms with Crippen LogP contribution in [0.3, 0.4) is 0 Å². The standard InChI is InChI=1S/C35H41F3N4O5/c1-23-30(21-41(2)19-16-28-6-3-4-17-39-28)46-33(47-31(23)26-12-10-25(22-43)11-13-26)27-14-8-24(9-15-27)20-40-32(44)29-7-5-18-42(29)34(45)35(36,37)38/h3-4,6,8-15,17,23,29-31,33,43H,5,7,16,18-22H2,1-2H3,(H,40,44). The zero-order chi connectivity index (χ0) is 33.6. The maximum atomic E-state index is 13.0. The maximum absolute atomic E-state index is 13.0. The highest BCUT2D eigenvalue weighted by Crippen LogP contribution is 2.42. The number of nitrogens with one attached hydrogen (secondary N) is 1. The molecule has 3 heterocycles. The van der Waals surface area contributed by atoms with Crippen LogP contribution in [0.5, 0.6) is 0 Å². The number of aromatic nitrogens is 1. The van der Waals surface area contributed by atoms with Crippen molar-refractivity contribution in [2.45, 2.75) is 70.1 Å². The van der Waals surface area contributed by atoms with Crippen LogP contribution in [0.2, 0.25) is 0 Å². The van der Waals surface area contributed by atoms with Crippen molar-refractivity contribution >= 4 is 11.8 Å². The molecular formula is C35H41F3N4O5. The second kappa shape index (κ2) is 15.4. The van der Waals surface area contributed by atoms with E-state index >= 15 is 0 Å². The lowest BCUT2D eigenvalue weighted by molar-refractivity contribution is -0.275. The molecule has 12 heteroatoms. The van der Waals surface area contributed by atoms with Crippen LogP contribution in [0.4, 0.5) is 13.2 Å². The van der Waals surface area contributed by atoms with Gasteiger partial charge in [-0.15, -0.1) is 0 Å². The minimum atomic E-state index is -5.02. The van der Waals surface area contributed by atoms with Gasteiger partial charge in [-0.3, -0.25) is 14.6 Å². The first-order chi connectivity index (χ1) is 22.5. The largest absolute Gasteiger partial charge is 0.471 e. The molecule has 5 unspecified atom stereocenters. The fourth-order valence-corrected chi connectivity index (χ4v) is 6.12. The highest BCUT2D eigenvalue weighted by molar-refractivity contribution is 5.90. The molecule has 2 fully saturated rings. The Balaban J connectivity index is 1.25. The quantitative estimate of drug-likeness (QED) is 0.309. The first-order valence-corrected chi connectivity index (χ1v) is 15.9. The average molecular weight is 655 g/mol. The molecule has 5 atom stereocenters. The van der Waals surface area contributed by atoms with Crippen LogP contribution in [-0.4, -0.2) is 76.7 Å². The number of pyridine rings is 1. The van der Waals surface area contributed by atoms with E-state index in [-0.39, 0.29) is 44.2 Å². The molecule has 0 saturated carbocycles. The summed E-state index contributed by atoms with van der Waals surface area (Å²) in [5, 5.41) is 12.2. The van der Waals surface area contributed by atoms with Gasteiger partial charge in [0.2, 0.25) is 5.91 Å². The lowest BCUT2D eigenvalue weighted by Gasteiger charge is -2.42. The molecule has 2 amide bonds. The van der Waals surface area contributed by atoms with Crippen LogP contribution in [0, 0.1) is 5.92 Å². The molecule has 5 rings (SSSR count). The van der Waals surface area contributed by atoms with Gasteiger partial charge in [0, 0.05) is 56.0 Å². The number of alkyl halides is 3. The molecule has 47 heavy (non-hydrogen) atoms. The van der Waals surface area contributed by atoms with Gasteiger partial charge in [-0.25, -0.2) is 0 Å². The number of aliphatic hydroxyl groups is 1. The number of halogens is 3. The maximum Gasteiger partial charge on any atom is 0.471 e. The summed E-state index contributed by atoms with van der Waals surface area (Å²) in [6.45, 7) is 3.52. The number of hydrogen-bond acceptors (Lipinski definition) is 7. The first kappa shape index (κ1) is 34.5. The van der Waals surface area contributed by atoms with E-state index in [0.29, 0.717) is 17.9 Å². The van der Waals surface area contributed by atoms with Crippen LogP contribution in [0.15, 0.2) is 72.9 Å². The number of hydrogen-bond donors (Lipinski definition) is 2. The SMILES string of the molecule is CC1C(CN(C)CCc2ccccn2)OC(c2ccc(CNC(=O)C3CCCN3C(=O)C(F)(F)F)cc2)OC1c1ccc(CO)cc1. The zero-order valence-electron chi connectivity index (χ0n) is 26.5. The second-order valence-corrected chi connectivity index (χ2v) is 12.3. The third kappa shape index (κ3) is 8.75. The number of amides is 2. The van der Waals surface area contributed by atoms with Crippen molar-refractivity contribution in [1.29, 1.82) is 0 Å². The van der Waals surface area contributed by atoms with Gasteiger partial charge in [0.15, 0.2) is 6.29 Å². The fraction of sp³-hybridized carbons (Fsp3) is 0.457. The Hall–Kier alpha value is -3.84. The van der Waals surface area contributed by atoms with Gasteiger partial charge in [-0.2, -0.15) is 13.2 Å². The summed E-state index contributed by atoms with van der Waals surface area (Å²) in [6, 6.07) is 19.8. The van der Waals surface area contributed by atoms with Crippen LogP contribution in [0.25, 0.3) is 0 Å². The molecule has 3 aromatic rings. The predicted molar refractivity (Wildman–Crippen MR) is 167 cm³/mol. The third-order valence-corrected chi connectivity index (χ3v) is 8.87. The number of aliphatic hydroxyl groups excluding tert-OH is 1. The molecule has 0 bridgehead atoms. The second-order valence-electron chi connectivity index (χ2n) is 12.3. The monoisotopic (exact) mass is 654 g/mol. The minimum Gasteiger partial charge on any atom is -0.392 e. The molecular weight excluding hydrogens is 613 g/mol. The van der Waals surface area contributed by atoms with Crippen LogP contribution in [0.1, 0.15) is 60.1 Å². The molecule has 0 radical (unpaired) electrons. The van der Waals surface area contributed by atoms with E-state index in [0.717, 1.165) is 40.9 Å². The van der Waals surface area contributed by atoms with Crippen LogP contribution < -0.4 is 5.32 Å². The number of rotatable bonds is 11. The van der Waals surface area contributed by atoms with Gasteiger partial charge in [0.05, 0.1) is 18.8 Å². The Morgan fingerprint density at radius 1 is 1.02 bits per heavy atom. The number of ether oxygens (including phenoxy) is 2. The number of nitrogens with zero attached hydrogens (tertiary/aromatic N) is 3. The lowest BCUT2D eigenvalue weighted by atomic mass is 9.90. The summed E-state index contributed by atoms with van der Waals surface area (Å²) < 4.78 is 52.0. The van der Waals surface area contributed by atoms with Crippen molar-refractivity contribution in [3.63, 3.8) is 0 Å². The smallest absolute Gasteiger partial charge is 0.392 e. The Morgan fingerprint density at radius 2 is 1.72 bits per heavy atom. The Labute approximate surface area is 272 Å². The molecule has 2 aliphatic rings. The Kier molecular flexibility index (Phi) is 11.3. The highest BCUT2D eigenvalue weighted by Gasteiger charge is 2.47. The Bertz CT molecular complexity index is 1470. The van der Waals surface area contributed by atoms with Gasteiger partial charge in [-0.05, 0) is 48.7 Å². The summed E-state index contributed by atoms with van der Waals surface area (Å²) in [7, 11) is 2.06. The van der Waals surface area contributed by atoms with Crippen molar-refractivity contribution in [3.05, 3.63) is 101 Å². The van der Waals surface area contributed by atoms with E-state index in [4.69, 9.17) is 9.47 Å². The molecule has 2 aliphatic heterocycles. The molecule has 2 saturated heterocycles. The van der Waals surface area contributed by atoms with Crippen LogP contribution in [-0.2, 0) is 38.6 Å². The fourth-order valence-electron chi connectivity index (χ4n) is 6.12. The molecule has 1 aromatic heterocycles. The molecule has 0 aliphatic carbocycles. The topological polar surface area (TPSA) is 104 Å². The first-order valence-electron chi connectivity index (χ1n) is 15.9. The molecule has 9 nitrogen and oxygen atoms in total. The van der Waals surface area contributed by atoms with Crippen LogP contribution >= 0.6 is 0 Å². The number of carbonyl (C=O) groups is 2. The average Bonchev–Trinajstić information content (AvgIpc) is 3.57. The number of likely N-dealkylation sites (tertiary alicyclic amines) is 1. The molecule has 2 aromatic carbocycles. The van der Waals surface area contributed by atoms with E-state index in [1.807, 2.05) is 66.7 Å². The van der Waals surface area contributed by atoms with Crippen molar-refractivity contribution in [1.82, 2.24) is 20.1 Å². The van der Waals surface area contributed by atoms with Crippen molar-refractivity contribution < 1.29 is 37.3 Å². The van der Waals surface area contributed by atoms with Gasteiger partial charge in [-0.1, -0.05) is 61.5 Å².